The molecule has 228 valence electrons. The second-order valence-electron chi connectivity index (χ2n) is 11.2. The van der Waals surface area contributed by atoms with E-state index in [4.69, 9.17) is 0 Å². The molecule has 7 nitrogen and oxygen atoms in total. The van der Waals surface area contributed by atoms with Gasteiger partial charge in [-0.15, -0.1) is 0 Å². The van der Waals surface area contributed by atoms with E-state index >= 15 is 17.7 Å². The Morgan fingerprint density at radius 3 is 2.24 bits per heavy atom. The van der Waals surface area contributed by atoms with E-state index < -0.39 is 53.2 Å². The summed E-state index contributed by atoms with van der Waals surface area (Å²) in [6.45, 7) is 3.09. The van der Waals surface area contributed by atoms with Crippen molar-refractivity contribution in [3.8, 4) is 0 Å². The smallest absolute Gasteiger partial charge is 0.344 e. The molecule has 11 heteroatoms. The molecule has 0 N–H and O–H groups in total. The topological polar surface area (TPSA) is 89.8 Å². The van der Waals surface area contributed by atoms with Gasteiger partial charge in [-0.05, 0) is 35.8 Å². The van der Waals surface area contributed by atoms with Crippen LogP contribution < -0.4 is 20.6 Å². The zero-order valence-electron chi connectivity index (χ0n) is 24.1. The Bertz CT molecular complexity index is 2010. The molecular weight excluding hydrogens is 604 g/mol. The maximum absolute atomic E-state index is 16.5. The largest absolute Gasteiger partial charge is 0.545 e. The van der Waals surface area contributed by atoms with Crippen molar-refractivity contribution in [2.24, 2.45) is 0 Å². The number of carboxylic acids is 1. The number of aromatic carboxylic acids is 1. The number of ether oxygens (including phenoxy) is 1. The zero-order chi connectivity index (χ0) is 31.6. The molecule has 0 bridgehead atoms. The van der Waals surface area contributed by atoms with Crippen molar-refractivity contribution in [3.05, 3.63) is 117 Å². The number of halogens is 3. The Morgan fingerprint density at radius 2 is 1.64 bits per heavy atom. The molecule has 7 rings (SSSR count). The van der Waals surface area contributed by atoms with E-state index in [0.717, 1.165) is 57.5 Å². The lowest BCUT2D eigenvalue weighted by Gasteiger charge is -2.37. The van der Waals surface area contributed by atoms with Gasteiger partial charge in [0.2, 0.25) is 5.71 Å². The van der Waals surface area contributed by atoms with Gasteiger partial charge in [0, 0.05) is 63.6 Å². The molecule has 0 saturated carbocycles. The van der Waals surface area contributed by atoms with Crippen LogP contribution in [0.4, 0.5) is 18.9 Å². The Morgan fingerprint density at radius 1 is 0.933 bits per heavy atom. The lowest BCUT2D eigenvalue weighted by Crippen LogP contribution is -2.38. The van der Waals surface area contributed by atoms with Gasteiger partial charge in [0.15, 0.2) is 18.8 Å². The minimum atomic E-state index is -3.74. The van der Waals surface area contributed by atoms with Crippen molar-refractivity contribution in [1.82, 2.24) is 0 Å². The number of nitrogens with zero attached hydrogens (tertiary/aromatic N) is 2. The van der Waals surface area contributed by atoms with Crippen LogP contribution in [-0.2, 0) is 9.30 Å². The van der Waals surface area contributed by atoms with Crippen LogP contribution >= 0.6 is 7.14 Å². The fourth-order valence-electron chi connectivity index (χ4n) is 6.35. The fraction of sp³-hybridized carbons (Fsp3) is 0.206. The van der Waals surface area contributed by atoms with Crippen molar-refractivity contribution in [1.29, 1.82) is 0 Å². The quantitative estimate of drug-likeness (QED) is 0.184. The Kier molecular flexibility index (Phi) is 6.93. The van der Waals surface area contributed by atoms with Crippen LogP contribution in [0.3, 0.4) is 0 Å². The zero-order valence-corrected chi connectivity index (χ0v) is 25.0. The number of hydrogen-bond donors (Lipinski definition) is 0. The van der Waals surface area contributed by atoms with Crippen molar-refractivity contribution in [2.75, 3.05) is 38.2 Å². The van der Waals surface area contributed by atoms with Crippen LogP contribution in [-0.4, -0.2) is 55.5 Å². The number of methoxy groups -OCH3 is 1. The number of carbonyl (C=O) groups is 2. The average molecular weight is 631 g/mol. The summed E-state index contributed by atoms with van der Waals surface area (Å²) < 4.78 is 69.6. The molecule has 0 aromatic heterocycles. The van der Waals surface area contributed by atoms with Crippen molar-refractivity contribution < 1.29 is 41.7 Å². The average Bonchev–Trinajstić information content (AvgIpc) is 2.98. The molecule has 0 amide bonds. The second-order valence-corrected chi connectivity index (χ2v) is 13.9. The summed E-state index contributed by atoms with van der Waals surface area (Å²) >= 11 is 0. The first-order valence-electron chi connectivity index (χ1n) is 14.5. The third-order valence-corrected chi connectivity index (χ3v) is 12.0. The molecule has 3 aromatic rings. The predicted molar refractivity (Wildman–Crippen MR) is 161 cm³/mol. The minimum absolute atomic E-state index is 0.145. The highest BCUT2D eigenvalue weighted by Crippen LogP contribution is 2.62. The third-order valence-electron chi connectivity index (χ3n) is 8.91. The summed E-state index contributed by atoms with van der Waals surface area (Å²) in [4.78, 5) is 27.0. The van der Waals surface area contributed by atoms with Gasteiger partial charge >= 0.3 is 5.97 Å². The summed E-state index contributed by atoms with van der Waals surface area (Å²) in [5, 5.41) is 13.5. The number of carboxylic acid groups (broad SMARTS) is 1. The summed E-state index contributed by atoms with van der Waals surface area (Å²) in [7, 11) is -2.87. The van der Waals surface area contributed by atoms with E-state index in [2.05, 4.69) is 14.2 Å². The van der Waals surface area contributed by atoms with E-state index in [9.17, 15) is 14.7 Å². The molecule has 4 aliphatic rings. The van der Waals surface area contributed by atoms with Gasteiger partial charge in [-0.25, -0.2) is 22.5 Å². The number of benzene rings is 3. The van der Waals surface area contributed by atoms with Gasteiger partial charge in [-0.2, -0.15) is 0 Å². The number of rotatable bonds is 5. The fourth-order valence-corrected chi connectivity index (χ4v) is 9.44. The molecule has 0 radical (unpaired) electrons. The van der Waals surface area contributed by atoms with E-state index in [1.807, 2.05) is 0 Å². The highest BCUT2D eigenvalue weighted by atomic mass is 31.2. The summed E-state index contributed by atoms with van der Waals surface area (Å²) in [6, 6.07) is 13.9. The molecule has 45 heavy (non-hydrogen) atoms. The molecular formula is C34H26F3N2O5P. The lowest BCUT2D eigenvalue weighted by atomic mass is 9.85. The van der Waals surface area contributed by atoms with Crippen LogP contribution in [0.25, 0.3) is 5.57 Å². The lowest BCUT2D eigenvalue weighted by molar-refractivity contribution is -0.582. The van der Waals surface area contributed by atoms with Gasteiger partial charge in [-0.3, -0.25) is 0 Å². The number of carbonyl (C=O) groups excluding carboxylic acids is 2. The highest BCUT2D eigenvalue weighted by molar-refractivity contribution is 7.83. The predicted octanol–water partition coefficient (Wildman–Crippen LogP) is 3.90. The molecule has 2 saturated heterocycles. The van der Waals surface area contributed by atoms with Crippen LogP contribution in [0.15, 0.2) is 77.6 Å². The Balaban J connectivity index is 1.65. The number of hydrogen-bond acceptors (Lipinski definition) is 6. The van der Waals surface area contributed by atoms with Gasteiger partial charge in [0.25, 0.3) is 0 Å². The van der Waals surface area contributed by atoms with Crippen LogP contribution in [0, 0.1) is 17.5 Å². The first kappa shape index (κ1) is 29.0. The van der Waals surface area contributed by atoms with Crippen molar-refractivity contribution in [3.63, 3.8) is 0 Å². The van der Waals surface area contributed by atoms with E-state index in [1.165, 1.54) is 0 Å². The molecule has 3 aromatic carbocycles. The number of fused-ring (bicyclic) bond motifs is 2. The molecule has 1 aliphatic carbocycles. The minimum Gasteiger partial charge on any atom is -0.545 e. The first-order valence-corrected chi connectivity index (χ1v) is 16.2. The Hall–Kier alpha value is -4.69. The van der Waals surface area contributed by atoms with Crippen molar-refractivity contribution >= 4 is 46.7 Å². The maximum Gasteiger partial charge on any atom is 0.344 e. The molecule has 1 unspecified atom stereocenters. The molecule has 0 spiro atoms. The number of esters is 1. The molecule has 1 atom stereocenters. The van der Waals surface area contributed by atoms with Crippen LogP contribution in [0.2, 0.25) is 0 Å². The summed E-state index contributed by atoms with van der Waals surface area (Å²) in [5.41, 5.74) is -1.94. The third kappa shape index (κ3) is 4.26. The van der Waals surface area contributed by atoms with Gasteiger partial charge in [0.1, 0.15) is 24.5 Å². The van der Waals surface area contributed by atoms with Crippen LogP contribution in [0.1, 0.15) is 44.7 Å². The van der Waals surface area contributed by atoms with Gasteiger partial charge in [0.05, 0.1) is 19.5 Å². The van der Waals surface area contributed by atoms with Crippen molar-refractivity contribution in [2.45, 2.75) is 12.8 Å². The monoisotopic (exact) mass is 630 g/mol. The van der Waals surface area contributed by atoms with Gasteiger partial charge in [-0.1, -0.05) is 36.4 Å². The SMILES string of the molecule is COC(=O)c1c(F)c(F)c(C(=O)[O-])c(C2=C3C=CC(=[N+]4CCC4)C=C3P(=O)(c3ccccc3)c3cc(N4CCC4)ccc32)c1F. The number of anilines is 1. The maximum atomic E-state index is 16.5. The highest BCUT2D eigenvalue weighted by Gasteiger charge is 2.45. The van der Waals surface area contributed by atoms with E-state index in [0.29, 0.717) is 5.30 Å². The Labute approximate surface area is 256 Å². The van der Waals surface area contributed by atoms with E-state index in [-0.39, 0.29) is 27.3 Å². The van der Waals surface area contributed by atoms with Crippen LogP contribution in [0.5, 0.6) is 0 Å². The van der Waals surface area contributed by atoms with Gasteiger partial charge < -0.3 is 24.1 Å². The number of allylic oxidation sites excluding steroid dienone is 5. The standard InChI is InChI=1S/C34H26F3N2O5P/c1-44-34(42)29-30(35)27(28(33(40)41)31(36)32(29)37)26-22-11-9-19(38-13-5-14-38)17-24(22)45(43,21-7-3-2-4-8-21)25-18-20(10-12-23(25)26)39-15-6-16-39/h2-4,7-12,17-18H,5-6,13-16H2,1H3. The first-order chi connectivity index (χ1) is 21.7. The second kappa shape index (κ2) is 10.7. The molecule has 2 fully saturated rings. The summed E-state index contributed by atoms with van der Waals surface area (Å²) in [6.07, 6.45) is 7.03. The van der Waals surface area contributed by atoms with E-state index in [1.54, 1.807) is 66.8 Å². The normalized spacial score (nSPS) is 20.2. The molecule has 3 heterocycles. The summed E-state index contributed by atoms with van der Waals surface area (Å²) in [5.74, 6) is -9.30. The molecule has 3 aliphatic heterocycles.